The highest BCUT2D eigenvalue weighted by Gasteiger charge is 2.36. The minimum absolute atomic E-state index is 0.0812. The van der Waals surface area contributed by atoms with Gasteiger partial charge in [-0.1, -0.05) is 29.3 Å². The van der Waals surface area contributed by atoms with Crippen molar-refractivity contribution in [1.82, 2.24) is 15.5 Å². The van der Waals surface area contributed by atoms with Crippen molar-refractivity contribution in [1.29, 1.82) is 0 Å². The maximum atomic E-state index is 13.4. The van der Waals surface area contributed by atoms with Gasteiger partial charge in [-0.3, -0.25) is 9.59 Å². The Balaban J connectivity index is 3.33. The molecule has 7 nitrogen and oxygen atoms in total. The van der Waals surface area contributed by atoms with Crippen molar-refractivity contribution in [3.05, 3.63) is 34.9 Å². The molecule has 1 aromatic rings. The van der Waals surface area contributed by atoms with Crippen molar-refractivity contribution in [2.45, 2.75) is 99.0 Å². The molecule has 0 aromatic heterocycles. The molecule has 0 aliphatic carbocycles. The predicted octanol–water partition coefficient (Wildman–Crippen LogP) is 4.02. The highest BCUT2D eigenvalue weighted by molar-refractivity contribution is 5.92. The summed E-state index contributed by atoms with van der Waals surface area (Å²) in [5.41, 5.74) is 2.08. The van der Waals surface area contributed by atoms with Gasteiger partial charge in [-0.15, -0.1) is 0 Å². The summed E-state index contributed by atoms with van der Waals surface area (Å²) in [4.78, 5) is 40.4. The number of carbonyl (C=O) groups is 3. The first-order chi connectivity index (χ1) is 14.1. The number of rotatable bonds is 7. The van der Waals surface area contributed by atoms with E-state index in [0.29, 0.717) is 0 Å². The van der Waals surface area contributed by atoms with Crippen LogP contribution in [0, 0.1) is 13.8 Å². The number of hydrogen-bond acceptors (Lipinski definition) is 4. The Bertz CT molecular complexity index is 776. The molecule has 1 aromatic carbocycles. The van der Waals surface area contributed by atoms with Gasteiger partial charge in [0, 0.05) is 12.1 Å². The van der Waals surface area contributed by atoms with E-state index in [2.05, 4.69) is 10.6 Å². The third-order valence-electron chi connectivity index (χ3n) is 4.43. The smallest absolute Gasteiger partial charge is 0.408 e. The van der Waals surface area contributed by atoms with Gasteiger partial charge in [0.2, 0.25) is 11.8 Å². The first-order valence-electron chi connectivity index (χ1n) is 10.8. The molecule has 0 heterocycles. The lowest BCUT2D eigenvalue weighted by molar-refractivity contribution is -0.144. The van der Waals surface area contributed by atoms with E-state index in [0.717, 1.165) is 16.7 Å². The molecule has 0 bridgehead atoms. The van der Waals surface area contributed by atoms with Gasteiger partial charge >= 0.3 is 6.09 Å². The predicted molar refractivity (Wildman–Crippen MR) is 123 cm³/mol. The summed E-state index contributed by atoms with van der Waals surface area (Å²) in [6, 6.07) is 3.82. The molecular weight excluding hydrogens is 394 g/mol. The van der Waals surface area contributed by atoms with E-state index in [4.69, 9.17) is 4.74 Å². The van der Waals surface area contributed by atoms with Gasteiger partial charge in [0.25, 0.3) is 0 Å². The average Bonchev–Trinajstić information content (AvgIpc) is 2.54. The van der Waals surface area contributed by atoms with Gasteiger partial charge in [0.15, 0.2) is 0 Å². The minimum Gasteiger partial charge on any atom is -0.444 e. The zero-order valence-electron chi connectivity index (χ0n) is 20.6. The summed E-state index contributed by atoms with van der Waals surface area (Å²) in [5, 5.41) is 5.53. The molecule has 3 amide bonds. The lowest BCUT2D eigenvalue weighted by Gasteiger charge is -2.37. The van der Waals surface area contributed by atoms with Crippen molar-refractivity contribution in [3.63, 3.8) is 0 Å². The van der Waals surface area contributed by atoms with Crippen LogP contribution in [0.3, 0.4) is 0 Å². The molecule has 174 valence electrons. The van der Waals surface area contributed by atoms with Crippen molar-refractivity contribution in [2.75, 3.05) is 0 Å². The van der Waals surface area contributed by atoms with Crippen molar-refractivity contribution < 1.29 is 19.1 Å². The fourth-order valence-corrected chi connectivity index (χ4v) is 3.42. The first kappa shape index (κ1) is 26.5. The second kappa shape index (κ2) is 10.6. The molecule has 1 rings (SSSR count). The topological polar surface area (TPSA) is 87.7 Å². The molecule has 0 aliphatic rings. The summed E-state index contributed by atoms with van der Waals surface area (Å²) >= 11 is 0. The Morgan fingerprint density at radius 3 is 1.84 bits per heavy atom. The number of carbonyl (C=O) groups excluding carboxylic acids is 3. The maximum absolute atomic E-state index is 13.4. The summed E-state index contributed by atoms with van der Waals surface area (Å²) in [6.07, 6.45) is -0.674. The highest BCUT2D eigenvalue weighted by atomic mass is 16.6. The van der Waals surface area contributed by atoms with Crippen molar-refractivity contribution in [3.8, 4) is 0 Å². The standard InChI is InChI=1S/C24H39N3O4/c1-14(2)25-21(28)20(19-12-16(5)11-17(6)13-19)27(15(3)4)22(29)18(7)26-23(30)31-24(8,9)10/h11-15,18,20H,1-10H3,(H,25,28)(H,26,30). The molecule has 0 radical (unpaired) electrons. The maximum Gasteiger partial charge on any atom is 0.408 e. The quantitative estimate of drug-likeness (QED) is 0.680. The zero-order chi connectivity index (χ0) is 24.1. The molecule has 7 heteroatoms. The number of nitrogens with zero attached hydrogens (tertiary/aromatic N) is 1. The fraction of sp³-hybridized carbons (Fsp3) is 0.625. The van der Waals surface area contributed by atoms with Gasteiger partial charge in [-0.25, -0.2) is 4.79 Å². The summed E-state index contributed by atoms with van der Waals surface area (Å²) in [6.45, 7) is 18.3. The summed E-state index contributed by atoms with van der Waals surface area (Å²) < 4.78 is 5.28. The molecule has 0 spiro atoms. The molecule has 2 N–H and O–H groups in total. The van der Waals surface area contributed by atoms with Crippen LogP contribution in [0.4, 0.5) is 4.79 Å². The van der Waals surface area contributed by atoms with E-state index in [1.165, 1.54) is 4.90 Å². The molecule has 0 saturated carbocycles. The molecule has 31 heavy (non-hydrogen) atoms. The number of alkyl carbamates (subject to hydrolysis) is 1. The van der Waals surface area contributed by atoms with Crippen LogP contribution in [-0.2, 0) is 14.3 Å². The van der Waals surface area contributed by atoms with Crippen LogP contribution < -0.4 is 10.6 Å². The van der Waals surface area contributed by atoms with Crippen molar-refractivity contribution >= 4 is 17.9 Å². The molecule has 0 aliphatic heterocycles. The van der Waals surface area contributed by atoms with Crippen LogP contribution in [0.15, 0.2) is 18.2 Å². The van der Waals surface area contributed by atoms with E-state index in [-0.39, 0.29) is 23.9 Å². The van der Waals surface area contributed by atoms with E-state index in [1.807, 2.05) is 59.7 Å². The molecule has 0 fully saturated rings. The second-order valence-corrected chi connectivity index (χ2v) is 9.69. The van der Waals surface area contributed by atoms with Crippen LogP contribution in [0.25, 0.3) is 0 Å². The normalized spacial score (nSPS) is 13.5. The van der Waals surface area contributed by atoms with Crippen LogP contribution in [0.5, 0.6) is 0 Å². The zero-order valence-corrected chi connectivity index (χ0v) is 20.6. The number of amides is 3. The number of aryl methyl sites for hydroxylation is 2. The minimum atomic E-state index is -0.863. The van der Waals surface area contributed by atoms with Crippen LogP contribution >= 0.6 is 0 Å². The Morgan fingerprint density at radius 1 is 0.903 bits per heavy atom. The van der Waals surface area contributed by atoms with Crippen molar-refractivity contribution in [2.24, 2.45) is 0 Å². The molecule has 0 saturated heterocycles. The summed E-state index contributed by atoms with van der Waals surface area (Å²) in [7, 11) is 0. The fourth-order valence-electron chi connectivity index (χ4n) is 3.42. The number of benzene rings is 1. The van der Waals surface area contributed by atoms with Crippen LogP contribution in [-0.4, -0.2) is 46.5 Å². The van der Waals surface area contributed by atoms with E-state index in [9.17, 15) is 14.4 Å². The van der Waals surface area contributed by atoms with E-state index in [1.54, 1.807) is 27.7 Å². The third-order valence-corrected chi connectivity index (χ3v) is 4.43. The van der Waals surface area contributed by atoms with Gasteiger partial charge < -0.3 is 20.3 Å². The molecule has 2 atom stereocenters. The number of hydrogen-bond donors (Lipinski definition) is 2. The largest absolute Gasteiger partial charge is 0.444 e. The highest BCUT2D eigenvalue weighted by Crippen LogP contribution is 2.27. The van der Waals surface area contributed by atoms with E-state index >= 15 is 0 Å². The van der Waals surface area contributed by atoms with E-state index < -0.39 is 23.8 Å². The summed E-state index contributed by atoms with van der Waals surface area (Å²) in [5.74, 6) is -0.615. The first-order valence-corrected chi connectivity index (χ1v) is 10.8. The Hall–Kier alpha value is -2.57. The Morgan fingerprint density at radius 2 is 1.42 bits per heavy atom. The van der Waals surface area contributed by atoms with Crippen LogP contribution in [0.1, 0.15) is 78.1 Å². The second-order valence-electron chi connectivity index (χ2n) is 9.69. The van der Waals surface area contributed by atoms with Gasteiger partial charge in [-0.05, 0) is 74.8 Å². The monoisotopic (exact) mass is 433 g/mol. The number of ether oxygens (including phenoxy) is 1. The molecular formula is C24H39N3O4. The Labute approximate surface area is 186 Å². The average molecular weight is 434 g/mol. The van der Waals surface area contributed by atoms with Gasteiger partial charge in [0.1, 0.15) is 17.7 Å². The molecule has 2 unspecified atom stereocenters. The lowest BCUT2D eigenvalue weighted by atomic mass is 9.97. The van der Waals surface area contributed by atoms with Gasteiger partial charge in [-0.2, -0.15) is 0 Å². The lowest BCUT2D eigenvalue weighted by Crippen LogP contribution is -2.54. The Kier molecular flexibility index (Phi) is 9.09. The van der Waals surface area contributed by atoms with Crippen LogP contribution in [0.2, 0.25) is 0 Å². The SMILES string of the molecule is Cc1cc(C)cc(C(C(=O)NC(C)C)N(C(=O)C(C)NC(=O)OC(C)(C)C)C(C)C)c1. The van der Waals surface area contributed by atoms with Gasteiger partial charge in [0.05, 0.1) is 0 Å². The number of nitrogens with one attached hydrogen (secondary N) is 2. The third kappa shape index (κ3) is 8.23.